The van der Waals surface area contributed by atoms with Gasteiger partial charge in [-0.05, 0) is 26.3 Å². The first kappa shape index (κ1) is 17.8. The number of ketones is 2. The van der Waals surface area contributed by atoms with Crippen LogP contribution in [0.1, 0.15) is 45.6 Å². The molecule has 1 aromatic rings. The third kappa shape index (κ3) is 8.15. The van der Waals surface area contributed by atoms with E-state index in [9.17, 15) is 14.4 Å². The van der Waals surface area contributed by atoms with E-state index in [0.717, 1.165) is 5.56 Å². The predicted octanol–water partition coefficient (Wildman–Crippen LogP) is 3.35. The summed E-state index contributed by atoms with van der Waals surface area (Å²) in [6, 6.07) is 9.58. The minimum Gasteiger partial charge on any atom is -0.460 e. The van der Waals surface area contributed by atoms with E-state index in [2.05, 4.69) is 0 Å². The van der Waals surface area contributed by atoms with Crippen molar-refractivity contribution in [2.45, 2.75) is 45.6 Å². The molecule has 0 N–H and O–H groups in total. The molecule has 0 bridgehead atoms. The Morgan fingerprint density at radius 3 is 2.23 bits per heavy atom. The second-order valence-electron chi connectivity index (χ2n) is 6.03. The first-order valence-electron chi connectivity index (χ1n) is 7.23. The average Bonchev–Trinajstić information content (AvgIpc) is 2.37. The van der Waals surface area contributed by atoms with Crippen LogP contribution in [0.2, 0.25) is 0 Å². The number of carbonyl (C=O) groups excluding carboxylic acids is 3. The van der Waals surface area contributed by atoms with E-state index in [4.69, 9.17) is 4.74 Å². The van der Waals surface area contributed by atoms with Crippen LogP contribution in [0.5, 0.6) is 0 Å². The summed E-state index contributed by atoms with van der Waals surface area (Å²) in [5.41, 5.74) is 0.371. The largest absolute Gasteiger partial charge is 0.460 e. The third-order valence-corrected chi connectivity index (χ3v) is 2.61. The van der Waals surface area contributed by atoms with Gasteiger partial charge in [-0.2, -0.15) is 0 Å². The van der Waals surface area contributed by atoms with Crippen LogP contribution in [0.15, 0.2) is 36.4 Å². The molecule has 0 saturated heterocycles. The predicted molar refractivity (Wildman–Crippen MR) is 85.2 cm³/mol. The molecular formula is C18H22O4. The highest BCUT2D eigenvalue weighted by atomic mass is 16.6. The SMILES string of the molecule is CC(C)(C)OC(=O)CC(=O)CC(=O)C/C=C/c1ccccc1. The fraction of sp³-hybridized carbons (Fsp3) is 0.389. The van der Waals surface area contributed by atoms with E-state index in [-0.39, 0.29) is 25.0 Å². The van der Waals surface area contributed by atoms with Crippen molar-refractivity contribution >= 4 is 23.6 Å². The summed E-state index contributed by atoms with van der Waals surface area (Å²) in [5, 5.41) is 0. The van der Waals surface area contributed by atoms with Crippen LogP contribution in [0, 0.1) is 0 Å². The Hall–Kier alpha value is -2.23. The van der Waals surface area contributed by atoms with Gasteiger partial charge in [0.1, 0.15) is 17.8 Å². The first-order valence-corrected chi connectivity index (χ1v) is 7.23. The molecule has 0 amide bonds. The van der Waals surface area contributed by atoms with E-state index in [0.29, 0.717) is 0 Å². The summed E-state index contributed by atoms with van der Waals surface area (Å²) in [4.78, 5) is 34.8. The highest BCUT2D eigenvalue weighted by Gasteiger charge is 2.19. The number of ether oxygens (including phenoxy) is 1. The molecule has 0 aliphatic carbocycles. The van der Waals surface area contributed by atoms with Crippen molar-refractivity contribution in [2.24, 2.45) is 0 Å². The molecule has 118 valence electrons. The highest BCUT2D eigenvalue weighted by molar-refractivity contribution is 6.06. The number of allylic oxidation sites excluding steroid dienone is 1. The lowest BCUT2D eigenvalue weighted by Gasteiger charge is -2.19. The number of esters is 1. The van der Waals surface area contributed by atoms with E-state index in [1.165, 1.54) is 0 Å². The second kappa shape index (κ2) is 8.27. The molecule has 0 aromatic heterocycles. The minimum absolute atomic E-state index is 0.176. The van der Waals surface area contributed by atoms with Gasteiger partial charge in [-0.25, -0.2) is 0 Å². The number of hydrogen-bond acceptors (Lipinski definition) is 4. The zero-order valence-corrected chi connectivity index (χ0v) is 13.3. The molecule has 0 aliphatic heterocycles. The molecule has 0 saturated carbocycles. The molecule has 0 aliphatic rings. The molecule has 0 spiro atoms. The number of rotatable bonds is 7. The van der Waals surface area contributed by atoms with E-state index >= 15 is 0 Å². The molecule has 0 fully saturated rings. The lowest BCUT2D eigenvalue weighted by atomic mass is 10.1. The number of benzene rings is 1. The van der Waals surface area contributed by atoms with Crippen molar-refractivity contribution in [1.29, 1.82) is 0 Å². The molecule has 22 heavy (non-hydrogen) atoms. The summed E-state index contributed by atoms with van der Waals surface area (Å²) >= 11 is 0. The summed E-state index contributed by atoms with van der Waals surface area (Å²) in [5.74, 6) is -1.21. The van der Waals surface area contributed by atoms with Crippen LogP contribution in [0.25, 0.3) is 6.08 Å². The third-order valence-electron chi connectivity index (χ3n) is 2.61. The van der Waals surface area contributed by atoms with Gasteiger partial charge >= 0.3 is 5.97 Å². The maximum absolute atomic E-state index is 11.7. The van der Waals surface area contributed by atoms with Gasteiger partial charge in [0.15, 0.2) is 5.78 Å². The monoisotopic (exact) mass is 302 g/mol. The fourth-order valence-electron chi connectivity index (χ4n) is 1.78. The Labute approximate surface area is 131 Å². The maximum Gasteiger partial charge on any atom is 0.313 e. The van der Waals surface area contributed by atoms with Crippen molar-refractivity contribution in [3.63, 3.8) is 0 Å². The molecule has 0 heterocycles. The van der Waals surface area contributed by atoms with Crippen molar-refractivity contribution in [3.8, 4) is 0 Å². The lowest BCUT2D eigenvalue weighted by Crippen LogP contribution is -2.25. The minimum atomic E-state index is -0.625. The smallest absolute Gasteiger partial charge is 0.313 e. The Balaban J connectivity index is 2.34. The molecule has 1 aromatic carbocycles. The van der Waals surface area contributed by atoms with Crippen molar-refractivity contribution in [2.75, 3.05) is 0 Å². The van der Waals surface area contributed by atoms with E-state index < -0.39 is 17.4 Å². The Kier molecular flexibility index (Phi) is 6.70. The summed E-state index contributed by atoms with van der Waals surface area (Å²) in [6.45, 7) is 5.19. The zero-order valence-electron chi connectivity index (χ0n) is 13.3. The van der Waals surface area contributed by atoms with Gasteiger partial charge in [0.25, 0.3) is 0 Å². The summed E-state index contributed by atoms with van der Waals surface area (Å²) in [7, 11) is 0. The van der Waals surface area contributed by atoms with Crippen LogP contribution in [0.4, 0.5) is 0 Å². The van der Waals surface area contributed by atoms with E-state index in [1.807, 2.05) is 36.4 Å². The second-order valence-corrected chi connectivity index (χ2v) is 6.03. The molecule has 4 nitrogen and oxygen atoms in total. The van der Waals surface area contributed by atoms with Crippen LogP contribution in [-0.2, 0) is 19.1 Å². The van der Waals surface area contributed by atoms with Crippen LogP contribution >= 0.6 is 0 Å². The lowest BCUT2D eigenvalue weighted by molar-refractivity contribution is -0.156. The normalized spacial score (nSPS) is 11.4. The quantitative estimate of drug-likeness (QED) is 0.572. The first-order chi connectivity index (χ1) is 10.3. The average molecular weight is 302 g/mol. The van der Waals surface area contributed by atoms with Gasteiger partial charge in [-0.3, -0.25) is 14.4 Å². The van der Waals surface area contributed by atoms with E-state index in [1.54, 1.807) is 26.8 Å². The van der Waals surface area contributed by atoms with Gasteiger partial charge in [-0.1, -0.05) is 42.5 Å². The fourth-order valence-corrected chi connectivity index (χ4v) is 1.78. The number of carbonyl (C=O) groups is 3. The molecule has 0 radical (unpaired) electrons. The Morgan fingerprint density at radius 2 is 1.64 bits per heavy atom. The highest BCUT2D eigenvalue weighted by Crippen LogP contribution is 2.09. The van der Waals surface area contributed by atoms with Crippen molar-refractivity contribution < 1.29 is 19.1 Å². The summed E-state index contributed by atoms with van der Waals surface area (Å²) in [6.07, 6.45) is 3.13. The number of Topliss-reactive ketones (excluding diaryl/α,β-unsaturated/α-hetero) is 2. The van der Waals surface area contributed by atoms with Crippen molar-refractivity contribution in [1.82, 2.24) is 0 Å². The zero-order chi connectivity index (χ0) is 16.6. The molecule has 0 unspecified atom stereocenters. The van der Waals surface area contributed by atoms with Gasteiger partial charge in [0.05, 0.1) is 6.42 Å². The summed E-state index contributed by atoms with van der Waals surface area (Å²) < 4.78 is 5.04. The molecular weight excluding hydrogens is 280 g/mol. The topological polar surface area (TPSA) is 60.4 Å². The molecule has 0 atom stereocenters. The van der Waals surface area contributed by atoms with Gasteiger partial charge in [0, 0.05) is 6.42 Å². The molecule has 1 rings (SSSR count). The number of hydrogen-bond donors (Lipinski definition) is 0. The van der Waals surface area contributed by atoms with Crippen LogP contribution in [-0.4, -0.2) is 23.1 Å². The standard InChI is InChI=1S/C18H22O4/c1-18(2,3)22-17(21)13-16(20)12-15(19)11-7-10-14-8-5-4-6-9-14/h4-10H,11-13H2,1-3H3/b10-7+. The Morgan fingerprint density at radius 1 is 1.00 bits per heavy atom. The van der Waals surface area contributed by atoms with Gasteiger partial charge in [-0.15, -0.1) is 0 Å². The van der Waals surface area contributed by atoms with Crippen LogP contribution in [0.3, 0.4) is 0 Å². The van der Waals surface area contributed by atoms with Crippen LogP contribution < -0.4 is 0 Å². The van der Waals surface area contributed by atoms with Gasteiger partial charge in [0.2, 0.25) is 0 Å². The van der Waals surface area contributed by atoms with Gasteiger partial charge < -0.3 is 4.74 Å². The van der Waals surface area contributed by atoms with Crippen molar-refractivity contribution in [3.05, 3.63) is 42.0 Å². The Bertz CT molecular complexity index is 550. The molecule has 4 heteroatoms. The maximum atomic E-state index is 11.7.